The first-order valence-corrected chi connectivity index (χ1v) is 7.89. The Morgan fingerprint density at radius 2 is 1.85 bits per heavy atom. The summed E-state index contributed by atoms with van der Waals surface area (Å²) in [4.78, 5) is 12.4. The van der Waals surface area contributed by atoms with Gasteiger partial charge in [-0.05, 0) is 50.2 Å². The Morgan fingerprint density at radius 3 is 2.46 bits per heavy atom. The highest BCUT2D eigenvalue weighted by Crippen LogP contribution is 2.33. The molecule has 0 radical (unpaired) electrons. The van der Waals surface area contributed by atoms with Crippen molar-refractivity contribution in [3.8, 4) is 5.75 Å². The van der Waals surface area contributed by atoms with Gasteiger partial charge in [-0.2, -0.15) is 13.9 Å². The van der Waals surface area contributed by atoms with Crippen LogP contribution in [-0.2, 0) is 0 Å². The number of nitrogens with one attached hydrogen (secondary N) is 1. The lowest BCUT2D eigenvalue weighted by Crippen LogP contribution is -2.13. The van der Waals surface area contributed by atoms with Gasteiger partial charge in [0.2, 0.25) is 0 Å². The van der Waals surface area contributed by atoms with E-state index in [9.17, 15) is 18.0 Å². The van der Waals surface area contributed by atoms with Crippen LogP contribution in [0.25, 0.3) is 10.9 Å². The summed E-state index contributed by atoms with van der Waals surface area (Å²) in [6.45, 7) is 0.683. The average molecular weight is 363 g/mol. The molecule has 0 atom stereocenters. The highest BCUT2D eigenvalue weighted by molar-refractivity contribution is 6.08. The van der Waals surface area contributed by atoms with E-state index in [4.69, 9.17) is 0 Å². The Morgan fingerprint density at radius 1 is 1.15 bits per heavy atom. The van der Waals surface area contributed by atoms with Crippen molar-refractivity contribution in [1.82, 2.24) is 9.78 Å². The van der Waals surface area contributed by atoms with Crippen LogP contribution in [0.4, 0.5) is 19.0 Å². The maximum atomic E-state index is 13.0. The fraction of sp³-hybridized carbons (Fsp3) is 0.222. The zero-order valence-corrected chi connectivity index (χ0v) is 14.0. The predicted octanol–water partition coefficient (Wildman–Crippen LogP) is 4.61. The second kappa shape index (κ2) is 7.07. The van der Waals surface area contributed by atoms with Crippen LogP contribution in [0, 0.1) is 5.82 Å². The van der Waals surface area contributed by atoms with E-state index in [1.807, 2.05) is 13.8 Å². The number of ether oxygens (including phenoxy) is 1. The number of halogens is 3. The molecule has 26 heavy (non-hydrogen) atoms. The number of fused-ring (bicyclic) bond motifs is 1. The largest absolute Gasteiger partial charge is 0.433 e. The number of benzene rings is 2. The molecule has 3 aromatic rings. The molecule has 2 aromatic carbocycles. The molecule has 0 aliphatic carbocycles. The van der Waals surface area contributed by atoms with Gasteiger partial charge in [0.1, 0.15) is 11.3 Å². The molecule has 1 N–H and O–H groups in total. The Hall–Kier alpha value is -3.03. The minimum absolute atomic E-state index is 0.0269. The standard InChI is InChI=1S/C18H16F3N3O2/c1-10(2)24-15-13(4-3-5-14(15)26-18(20)21)16(23-24)22-17(25)11-6-8-12(19)9-7-11/h3-10,18H,1-2H3,(H,22,23,25). The summed E-state index contributed by atoms with van der Waals surface area (Å²) >= 11 is 0. The van der Waals surface area contributed by atoms with Crippen LogP contribution in [-0.4, -0.2) is 22.3 Å². The highest BCUT2D eigenvalue weighted by Gasteiger charge is 2.20. The van der Waals surface area contributed by atoms with Gasteiger partial charge in [-0.25, -0.2) is 4.39 Å². The van der Waals surface area contributed by atoms with E-state index >= 15 is 0 Å². The summed E-state index contributed by atoms with van der Waals surface area (Å²) < 4.78 is 44.5. The molecule has 1 heterocycles. The quantitative estimate of drug-likeness (QED) is 0.720. The topological polar surface area (TPSA) is 56.2 Å². The van der Waals surface area contributed by atoms with E-state index in [-0.39, 0.29) is 23.2 Å². The fourth-order valence-electron chi connectivity index (χ4n) is 2.60. The van der Waals surface area contributed by atoms with Crippen molar-refractivity contribution in [3.05, 3.63) is 53.8 Å². The number of nitrogens with zero attached hydrogens (tertiary/aromatic N) is 2. The van der Waals surface area contributed by atoms with Gasteiger partial charge in [0.05, 0.1) is 0 Å². The molecule has 0 aliphatic rings. The fourth-order valence-corrected chi connectivity index (χ4v) is 2.60. The number of alkyl halides is 2. The molecule has 0 unspecified atom stereocenters. The number of carbonyl (C=O) groups is 1. The maximum absolute atomic E-state index is 13.0. The zero-order valence-electron chi connectivity index (χ0n) is 14.0. The SMILES string of the molecule is CC(C)n1nc(NC(=O)c2ccc(F)cc2)c2cccc(OC(F)F)c21. The van der Waals surface area contributed by atoms with E-state index in [0.29, 0.717) is 10.9 Å². The summed E-state index contributed by atoms with van der Waals surface area (Å²) in [7, 11) is 0. The van der Waals surface area contributed by atoms with E-state index < -0.39 is 18.3 Å². The number of carbonyl (C=O) groups excluding carboxylic acids is 1. The first kappa shape index (κ1) is 17.8. The lowest BCUT2D eigenvalue weighted by molar-refractivity contribution is -0.0490. The van der Waals surface area contributed by atoms with E-state index in [1.54, 1.807) is 12.1 Å². The van der Waals surface area contributed by atoms with Gasteiger partial charge in [-0.3, -0.25) is 9.48 Å². The number of para-hydroxylation sites is 1. The number of aromatic nitrogens is 2. The van der Waals surface area contributed by atoms with Crippen molar-refractivity contribution in [2.75, 3.05) is 5.32 Å². The number of hydrogen-bond acceptors (Lipinski definition) is 3. The van der Waals surface area contributed by atoms with Crippen molar-refractivity contribution in [1.29, 1.82) is 0 Å². The number of hydrogen-bond donors (Lipinski definition) is 1. The molecular weight excluding hydrogens is 347 g/mol. The predicted molar refractivity (Wildman–Crippen MR) is 91.1 cm³/mol. The third-order valence-corrected chi connectivity index (χ3v) is 3.73. The van der Waals surface area contributed by atoms with Crippen LogP contribution < -0.4 is 10.1 Å². The summed E-state index contributed by atoms with van der Waals surface area (Å²) in [5.41, 5.74) is 0.607. The molecule has 1 amide bonds. The molecule has 0 spiro atoms. The van der Waals surface area contributed by atoms with Gasteiger partial charge >= 0.3 is 6.61 Å². The second-order valence-corrected chi connectivity index (χ2v) is 5.88. The zero-order chi connectivity index (χ0) is 18.8. The molecule has 0 bridgehead atoms. The van der Waals surface area contributed by atoms with Gasteiger partial charge < -0.3 is 10.1 Å². The van der Waals surface area contributed by atoms with Crippen molar-refractivity contribution < 1.29 is 22.7 Å². The molecular formula is C18H16F3N3O2. The van der Waals surface area contributed by atoms with Crippen molar-refractivity contribution >= 4 is 22.6 Å². The first-order chi connectivity index (χ1) is 12.4. The van der Waals surface area contributed by atoms with Crippen LogP contribution in [0.15, 0.2) is 42.5 Å². The smallest absolute Gasteiger partial charge is 0.387 e. The molecule has 0 saturated carbocycles. The summed E-state index contributed by atoms with van der Waals surface area (Å²) in [5.74, 6) is -0.755. The minimum atomic E-state index is -2.98. The minimum Gasteiger partial charge on any atom is -0.433 e. The van der Waals surface area contributed by atoms with Crippen LogP contribution >= 0.6 is 0 Å². The normalized spacial score (nSPS) is 11.3. The number of amides is 1. The van der Waals surface area contributed by atoms with Gasteiger partial charge in [-0.15, -0.1) is 0 Å². The Bertz CT molecular complexity index is 937. The molecule has 0 fully saturated rings. The van der Waals surface area contributed by atoms with Gasteiger partial charge in [0.25, 0.3) is 5.91 Å². The lowest BCUT2D eigenvalue weighted by atomic mass is 10.2. The van der Waals surface area contributed by atoms with Crippen molar-refractivity contribution in [2.24, 2.45) is 0 Å². The molecule has 0 aliphatic heterocycles. The highest BCUT2D eigenvalue weighted by atomic mass is 19.3. The monoisotopic (exact) mass is 363 g/mol. The van der Waals surface area contributed by atoms with Crippen molar-refractivity contribution in [2.45, 2.75) is 26.5 Å². The molecule has 0 saturated heterocycles. The molecule has 8 heteroatoms. The van der Waals surface area contributed by atoms with E-state index in [0.717, 1.165) is 0 Å². The molecule has 5 nitrogen and oxygen atoms in total. The van der Waals surface area contributed by atoms with Crippen LogP contribution in [0.5, 0.6) is 5.75 Å². The molecule has 136 valence electrons. The Kier molecular flexibility index (Phi) is 4.83. The van der Waals surface area contributed by atoms with Crippen LogP contribution in [0.2, 0.25) is 0 Å². The number of anilines is 1. The van der Waals surface area contributed by atoms with Crippen molar-refractivity contribution in [3.63, 3.8) is 0 Å². The average Bonchev–Trinajstić information content (AvgIpc) is 2.95. The van der Waals surface area contributed by atoms with Crippen LogP contribution in [0.3, 0.4) is 0 Å². The summed E-state index contributed by atoms with van der Waals surface area (Å²) in [6, 6.07) is 9.49. The Labute approximate surface area is 147 Å². The maximum Gasteiger partial charge on any atom is 0.387 e. The summed E-state index contributed by atoms with van der Waals surface area (Å²) in [5, 5.41) is 7.43. The second-order valence-electron chi connectivity index (χ2n) is 5.88. The summed E-state index contributed by atoms with van der Waals surface area (Å²) in [6.07, 6.45) is 0. The third kappa shape index (κ3) is 3.49. The third-order valence-electron chi connectivity index (χ3n) is 3.73. The number of rotatable bonds is 5. The Balaban J connectivity index is 2.03. The molecule has 3 rings (SSSR count). The first-order valence-electron chi connectivity index (χ1n) is 7.89. The van der Waals surface area contributed by atoms with Crippen LogP contribution in [0.1, 0.15) is 30.2 Å². The van der Waals surface area contributed by atoms with Gasteiger partial charge in [-0.1, -0.05) is 6.07 Å². The van der Waals surface area contributed by atoms with Gasteiger partial charge in [0.15, 0.2) is 11.6 Å². The lowest BCUT2D eigenvalue weighted by Gasteiger charge is -2.11. The van der Waals surface area contributed by atoms with E-state index in [1.165, 1.54) is 35.0 Å². The molecule has 1 aromatic heterocycles. The van der Waals surface area contributed by atoms with E-state index in [2.05, 4.69) is 15.2 Å². The van der Waals surface area contributed by atoms with Gasteiger partial charge in [0, 0.05) is 17.0 Å².